The van der Waals surface area contributed by atoms with Crippen LogP contribution in [0, 0.1) is 0 Å². The van der Waals surface area contributed by atoms with Crippen LogP contribution in [0.3, 0.4) is 0 Å². The van der Waals surface area contributed by atoms with Crippen LogP contribution in [0.5, 0.6) is 0 Å². The van der Waals surface area contributed by atoms with E-state index in [0.29, 0.717) is 30.4 Å². The Morgan fingerprint density at radius 1 is 1.08 bits per heavy atom. The summed E-state index contributed by atoms with van der Waals surface area (Å²) in [5.41, 5.74) is 6.85. The van der Waals surface area contributed by atoms with Gasteiger partial charge in [0, 0.05) is 32.4 Å². The molecule has 0 aliphatic rings. The van der Waals surface area contributed by atoms with Crippen LogP contribution in [0.4, 0.5) is 11.9 Å². The lowest BCUT2D eigenvalue weighted by molar-refractivity contribution is 0.0949. The van der Waals surface area contributed by atoms with Crippen LogP contribution in [-0.4, -0.2) is 46.5 Å². The van der Waals surface area contributed by atoms with E-state index >= 15 is 0 Å². The Kier molecular flexibility index (Phi) is 4.69. The number of benzene rings is 1. The summed E-state index contributed by atoms with van der Waals surface area (Å²) >= 11 is 0. The van der Waals surface area contributed by atoms with E-state index in [2.05, 4.69) is 25.3 Å². The number of anilines is 2. The quantitative estimate of drug-likeness (QED) is 0.716. The zero-order valence-corrected chi connectivity index (χ0v) is 14.1. The van der Waals surface area contributed by atoms with Gasteiger partial charge in [-0.15, -0.1) is 0 Å². The van der Waals surface area contributed by atoms with Gasteiger partial charge in [-0.3, -0.25) is 4.79 Å². The molecule has 2 heterocycles. The largest absolute Gasteiger partial charge is 0.368 e. The summed E-state index contributed by atoms with van der Waals surface area (Å²) < 4.78 is 0. The minimum absolute atomic E-state index is 0.163. The average molecular weight is 337 g/mol. The maximum Gasteiger partial charge on any atom is 0.269 e. The lowest BCUT2D eigenvalue weighted by atomic mass is 10.2. The Hall–Kier alpha value is -3.29. The Morgan fingerprint density at radius 3 is 2.68 bits per heavy atom. The molecule has 0 atom stereocenters. The SMILES string of the molecule is CN(C)c1nc(N)nc(CCNC(=O)c2ccc3ccccc3n2)n1. The molecular formula is C17H19N7O. The molecule has 0 aliphatic carbocycles. The number of nitrogens with zero attached hydrogens (tertiary/aromatic N) is 5. The molecule has 0 spiro atoms. The van der Waals surface area contributed by atoms with Gasteiger partial charge in [0.05, 0.1) is 5.52 Å². The van der Waals surface area contributed by atoms with Crippen molar-refractivity contribution >= 4 is 28.7 Å². The molecule has 8 heteroatoms. The first-order valence-corrected chi connectivity index (χ1v) is 7.84. The second kappa shape index (κ2) is 7.08. The van der Waals surface area contributed by atoms with E-state index in [4.69, 9.17) is 5.73 Å². The van der Waals surface area contributed by atoms with Crippen molar-refractivity contribution in [3.63, 3.8) is 0 Å². The van der Waals surface area contributed by atoms with Gasteiger partial charge in [-0.05, 0) is 12.1 Å². The first kappa shape index (κ1) is 16.6. The van der Waals surface area contributed by atoms with Gasteiger partial charge >= 0.3 is 0 Å². The number of rotatable bonds is 5. The van der Waals surface area contributed by atoms with E-state index in [-0.39, 0.29) is 11.9 Å². The van der Waals surface area contributed by atoms with Crippen LogP contribution in [0.2, 0.25) is 0 Å². The zero-order chi connectivity index (χ0) is 17.8. The van der Waals surface area contributed by atoms with Crippen molar-refractivity contribution in [1.29, 1.82) is 0 Å². The summed E-state index contributed by atoms with van der Waals surface area (Å²) in [4.78, 5) is 30.8. The van der Waals surface area contributed by atoms with Gasteiger partial charge in [0.15, 0.2) is 0 Å². The van der Waals surface area contributed by atoms with Gasteiger partial charge in [-0.2, -0.15) is 15.0 Å². The maximum absolute atomic E-state index is 12.3. The molecule has 0 saturated carbocycles. The van der Waals surface area contributed by atoms with E-state index in [0.717, 1.165) is 10.9 Å². The number of amides is 1. The number of pyridine rings is 1. The Bertz CT molecular complexity index is 910. The Balaban J connectivity index is 1.64. The molecule has 0 bridgehead atoms. The van der Waals surface area contributed by atoms with Crippen LogP contribution >= 0.6 is 0 Å². The molecule has 0 fully saturated rings. The third kappa shape index (κ3) is 3.97. The lowest BCUT2D eigenvalue weighted by Gasteiger charge is -2.11. The number of aromatic nitrogens is 4. The molecular weight excluding hydrogens is 318 g/mol. The molecule has 0 saturated heterocycles. The molecule has 3 rings (SSSR count). The molecule has 25 heavy (non-hydrogen) atoms. The van der Waals surface area contributed by atoms with Crippen LogP contribution in [0.25, 0.3) is 10.9 Å². The Labute approximate surface area is 145 Å². The second-order valence-corrected chi connectivity index (χ2v) is 5.70. The van der Waals surface area contributed by atoms with Crippen molar-refractivity contribution in [3.05, 3.63) is 47.9 Å². The van der Waals surface area contributed by atoms with Crippen molar-refractivity contribution < 1.29 is 4.79 Å². The number of hydrogen-bond donors (Lipinski definition) is 2. The highest BCUT2D eigenvalue weighted by Gasteiger charge is 2.10. The topological polar surface area (TPSA) is 110 Å². The third-order valence-corrected chi connectivity index (χ3v) is 3.55. The molecule has 0 radical (unpaired) electrons. The van der Waals surface area contributed by atoms with E-state index in [1.165, 1.54) is 0 Å². The predicted octanol–water partition coefficient (Wildman–Crippen LogP) is 1.04. The fourth-order valence-corrected chi connectivity index (χ4v) is 2.31. The molecule has 0 unspecified atom stereocenters. The number of carbonyl (C=O) groups is 1. The maximum atomic E-state index is 12.3. The number of nitrogens with two attached hydrogens (primary N) is 1. The monoisotopic (exact) mass is 337 g/mol. The predicted molar refractivity (Wildman–Crippen MR) is 96.3 cm³/mol. The highest BCUT2D eigenvalue weighted by Crippen LogP contribution is 2.11. The van der Waals surface area contributed by atoms with Gasteiger partial charge < -0.3 is 16.0 Å². The summed E-state index contributed by atoms with van der Waals surface area (Å²) in [6.45, 7) is 0.379. The normalized spacial score (nSPS) is 10.6. The number of nitrogen functional groups attached to an aromatic ring is 1. The second-order valence-electron chi connectivity index (χ2n) is 5.70. The van der Waals surface area contributed by atoms with E-state index in [9.17, 15) is 4.79 Å². The van der Waals surface area contributed by atoms with Crippen molar-refractivity contribution in [2.24, 2.45) is 0 Å². The van der Waals surface area contributed by atoms with E-state index in [1.54, 1.807) is 11.0 Å². The molecule has 128 valence electrons. The van der Waals surface area contributed by atoms with Gasteiger partial charge in [0.25, 0.3) is 5.91 Å². The summed E-state index contributed by atoms with van der Waals surface area (Å²) in [6.07, 6.45) is 0.451. The summed E-state index contributed by atoms with van der Waals surface area (Å²) in [5, 5.41) is 3.82. The standard InChI is InChI=1S/C17H19N7O/c1-24(2)17-22-14(21-16(18)23-17)9-10-19-15(25)13-8-7-11-5-3-4-6-12(11)20-13/h3-8H,9-10H2,1-2H3,(H,19,25)(H2,18,21,22,23). The van der Waals surface area contributed by atoms with Crippen LogP contribution in [0.15, 0.2) is 36.4 Å². The molecule has 3 N–H and O–H groups in total. The minimum atomic E-state index is -0.236. The Morgan fingerprint density at radius 2 is 1.88 bits per heavy atom. The molecule has 1 amide bonds. The number of nitrogens with one attached hydrogen (secondary N) is 1. The fourth-order valence-electron chi connectivity index (χ4n) is 2.31. The highest BCUT2D eigenvalue weighted by atomic mass is 16.1. The smallest absolute Gasteiger partial charge is 0.269 e. The number of fused-ring (bicyclic) bond motifs is 1. The first-order chi connectivity index (χ1) is 12.0. The number of para-hydroxylation sites is 1. The summed E-state index contributed by atoms with van der Waals surface area (Å²) in [5.74, 6) is 0.949. The zero-order valence-electron chi connectivity index (χ0n) is 14.1. The highest BCUT2D eigenvalue weighted by molar-refractivity contribution is 5.94. The van der Waals surface area contributed by atoms with Crippen LogP contribution in [0.1, 0.15) is 16.3 Å². The molecule has 2 aromatic heterocycles. The van der Waals surface area contributed by atoms with Crippen molar-refractivity contribution in [2.75, 3.05) is 31.3 Å². The third-order valence-electron chi connectivity index (χ3n) is 3.55. The van der Waals surface area contributed by atoms with E-state index in [1.807, 2.05) is 44.4 Å². The summed E-state index contributed by atoms with van der Waals surface area (Å²) in [7, 11) is 3.65. The summed E-state index contributed by atoms with van der Waals surface area (Å²) in [6, 6.07) is 11.3. The average Bonchev–Trinajstić information content (AvgIpc) is 2.60. The fraction of sp³-hybridized carbons (Fsp3) is 0.235. The van der Waals surface area contributed by atoms with Gasteiger partial charge in [-0.1, -0.05) is 24.3 Å². The number of carbonyl (C=O) groups excluding carboxylic acids is 1. The molecule has 0 aliphatic heterocycles. The van der Waals surface area contributed by atoms with Gasteiger partial charge in [0.2, 0.25) is 11.9 Å². The van der Waals surface area contributed by atoms with Gasteiger partial charge in [-0.25, -0.2) is 4.98 Å². The van der Waals surface area contributed by atoms with Crippen molar-refractivity contribution in [3.8, 4) is 0 Å². The molecule has 8 nitrogen and oxygen atoms in total. The van der Waals surface area contributed by atoms with E-state index < -0.39 is 0 Å². The van der Waals surface area contributed by atoms with Crippen LogP contribution in [-0.2, 0) is 6.42 Å². The van der Waals surface area contributed by atoms with Crippen molar-refractivity contribution in [2.45, 2.75) is 6.42 Å². The minimum Gasteiger partial charge on any atom is -0.368 e. The van der Waals surface area contributed by atoms with Crippen molar-refractivity contribution in [1.82, 2.24) is 25.3 Å². The molecule has 3 aromatic rings. The van der Waals surface area contributed by atoms with Crippen LogP contribution < -0.4 is 16.0 Å². The number of hydrogen-bond acceptors (Lipinski definition) is 7. The van der Waals surface area contributed by atoms with Gasteiger partial charge in [0.1, 0.15) is 11.5 Å². The first-order valence-electron chi connectivity index (χ1n) is 7.84. The lowest BCUT2D eigenvalue weighted by Crippen LogP contribution is -2.27. The molecule has 1 aromatic carbocycles.